The van der Waals surface area contributed by atoms with Gasteiger partial charge in [-0.1, -0.05) is 11.6 Å². The van der Waals surface area contributed by atoms with Gasteiger partial charge in [-0.25, -0.2) is 23.7 Å². The van der Waals surface area contributed by atoms with Crippen LogP contribution in [0.3, 0.4) is 0 Å². The molecule has 0 saturated carbocycles. The van der Waals surface area contributed by atoms with E-state index < -0.39 is 5.82 Å². The molecule has 0 aliphatic heterocycles. The maximum Gasteiger partial charge on any atom is 0.216 e. The van der Waals surface area contributed by atoms with E-state index in [-0.39, 0.29) is 23.0 Å². The van der Waals surface area contributed by atoms with E-state index in [9.17, 15) is 8.78 Å². The number of aromatic amines is 1. The molecule has 36 heavy (non-hydrogen) atoms. The molecule has 0 atom stereocenters. The van der Waals surface area contributed by atoms with Crippen LogP contribution in [-0.4, -0.2) is 52.9 Å². The van der Waals surface area contributed by atoms with Crippen molar-refractivity contribution in [3.8, 4) is 11.6 Å². The first-order valence-corrected chi connectivity index (χ1v) is 10.4. The zero-order valence-corrected chi connectivity index (χ0v) is 20.8. The van der Waals surface area contributed by atoms with E-state index in [2.05, 4.69) is 30.5 Å². The SMILES string of the molecule is C=O.C=O.CNc1ncc(F)c(COc2cnc3n[nH]c(C)c3c2)c1Cl.COc1ncc(F)cc1C. The van der Waals surface area contributed by atoms with Crippen molar-refractivity contribution < 1.29 is 27.8 Å². The van der Waals surface area contributed by atoms with E-state index >= 15 is 0 Å². The van der Waals surface area contributed by atoms with E-state index in [0.29, 0.717) is 28.7 Å². The lowest BCUT2D eigenvalue weighted by Gasteiger charge is -2.11. The number of H-pyrrole nitrogens is 1. The number of hydrogen-bond acceptors (Lipinski definition) is 9. The Kier molecular flexibility index (Phi) is 12.4. The number of aromatic nitrogens is 5. The zero-order valence-electron chi connectivity index (χ0n) is 20.1. The van der Waals surface area contributed by atoms with Gasteiger partial charge in [0, 0.05) is 29.3 Å². The number of nitrogens with zero attached hydrogens (tertiary/aromatic N) is 4. The minimum Gasteiger partial charge on any atom is -0.487 e. The summed E-state index contributed by atoms with van der Waals surface area (Å²) >= 11 is 6.11. The van der Waals surface area contributed by atoms with Gasteiger partial charge in [0.1, 0.15) is 43.4 Å². The first-order chi connectivity index (χ1) is 17.3. The van der Waals surface area contributed by atoms with E-state index in [1.807, 2.05) is 20.5 Å². The summed E-state index contributed by atoms with van der Waals surface area (Å²) in [5.74, 6) is 0.536. The number of pyridine rings is 3. The third-order valence-corrected chi connectivity index (χ3v) is 4.86. The second kappa shape index (κ2) is 14.9. The number of carbonyl (C=O) groups excluding carboxylic acids is 2. The number of anilines is 1. The standard InChI is InChI=1S/C14H13ClFN5O.C7H8FNO.2CH2O/c1-7-9-3-8(4-18-13(9)21-20-7)22-6-10-11(16)5-19-14(17-2)12(10)15;1-5-3-6(8)4-9-7(5)10-2;2*1-2/h3-5H,6H2,1-2H3,(H,17,19)(H,18,20,21);3-4H,1-2H3;2*1H2. The van der Waals surface area contributed by atoms with Crippen LogP contribution in [0.5, 0.6) is 11.6 Å². The largest absolute Gasteiger partial charge is 0.487 e. The molecule has 4 aromatic rings. The summed E-state index contributed by atoms with van der Waals surface area (Å²) in [4.78, 5) is 27.7. The summed E-state index contributed by atoms with van der Waals surface area (Å²) in [6, 6.07) is 3.18. The summed E-state index contributed by atoms with van der Waals surface area (Å²) in [6.45, 7) is 7.61. The van der Waals surface area contributed by atoms with Crippen LogP contribution in [0.25, 0.3) is 11.0 Å². The summed E-state index contributed by atoms with van der Waals surface area (Å²) in [7, 11) is 3.17. The van der Waals surface area contributed by atoms with Crippen molar-refractivity contribution in [1.29, 1.82) is 0 Å². The Morgan fingerprint density at radius 1 is 1.06 bits per heavy atom. The first-order valence-electron chi connectivity index (χ1n) is 10.0. The van der Waals surface area contributed by atoms with Gasteiger partial charge in [0.15, 0.2) is 5.65 Å². The van der Waals surface area contributed by atoms with Crippen LogP contribution < -0.4 is 14.8 Å². The fraction of sp³-hybridized carbons (Fsp3) is 0.217. The molecule has 4 rings (SSSR count). The van der Waals surface area contributed by atoms with Gasteiger partial charge in [-0.3, -0.25) is 5.10 Å². The highest BCUT2D eigenvalue weighted by Crippen LogP contribution is 2.27. The van der Waals surface area contributed by atoms with Crippen LogP contribution in [0.4, 0.5) is 14.6 Å². The van der Waals surface area contributed by atoms with Crippen LogP contribution in [0, 0.1) is 25.5 Å². The molecule has 0 unspecified atom stereocenters. The van der Waals surface area contributed by atoms with Gasteiger partial charge in [-0.2, -0.15) is 5.10 Å². The minimum atomic E-state index is -0.516. The summed E-state index contributed by atoms with van der Waals surface area (Å²) in [5.41, 5.74) is 2.45. The smallest absolute Gasteiger partial charge is 0.216 e. The molecule has 0 spiro atoms. The van der Waals surface area contributed by atoms with Gasteiger partial charge < -0.3 is 24.4 Å². The number of aryl methyl sites for hydroxylation is 2. The van der Waals surface area contributed by atoms with Crippen LogP contribution in [0.1, 0.15) is 16.8 Å². The molecule has 0 aliphatic carbocycles. The summed E-state index contributed by atoms with van der Waals surface area (Å²) in [6.07, 6.45) is 3.78. The number of ether oxygens (including phenoxy) is 2. The highest BCUT2D eigenvalue weighted by Gasteiger charge is 2.14. The van der Waals surface area contributed by atoms with Gasteiger partial charge in [0.05, 0.1) is 30.7 Å². The van der Waals surface area contributed by atoms with Gasteiger partial charge in [0.2, 0.25) is 5.88 Å². The predicted molar refractivity (Wildman–Crippen MR) is 131 cm³/mol. The third-order valence-electron chi connectivity index (χ3n) is 4.45. The molecule has 0 radical (unpaired) electrons. The second-order valence-electron chi connectivity index (χ2n) is 6.66. The van der Waals surface area contributed by atoms with Gasteiger partial charge >= 0.3 is 0 Å². The Bertz CT molecular complexity index is 1270. The molecular weight excluding hydrogens is 498 g/mol. The number of nitrogens with one attached hydrogen (secondary N) is 2. The lowest BCUT2D eigenvalue weighted by atomic mass is 10.2. The molecule has 0 aromatic carbocycles. The van der Waals surface area contributed by atoms with Crippen LogP contribution >= 0.6 is 11.6 Å². The first kappa shape index (κ1) is 29.8. The molecule has 4 heterocycles. The number of rotatable bonds is 5. The number of methoxy groups -OCH3 is 1. The quantitative estimate of drug-likeness (QED) is 0.395. The van der Waals surface area contributed by atoms with Crippen molar-refractivity contribution in [1.82, 2.24) is 25.1 Å². The van der Waals surface area contributed by atoms with Crippen molar-refractivity contribution in [3.05, 3.63) is 64.2 Å². The number of carbonyl (C=O) groups is 2. The minimum absolute atomic E-state index is 0.0219. The Labute approximate surface area is 211 Å². The maximum absolute atomic E-state index is 13.9. The third kappa shape index (κ3) is 7.67. The number of halogens is 3. The maximum atomic E-state index is 13.9. The van der Waals surface area contributed by atoms with Gasteiger partial charge in [-0.15, -0.1) is 0 Å². The Hall–Kier alpha value is -4.19. The van der Waals surface area contributed by atoms with Gasteiger partial charge in [-0.05, 0) is 26.0 Å². The van der Waals surface area contributed by atoms with E-state index in [1.54, 1.807) is 20.0 Å². The van der Waals surface area contributed by atoms with Crippen molar-refractivity contribution in [2.75, 3.05) is 19.5 Å². The van der Waals surface area contributed by atoms with Crippen LogP contribution in [0.15, 0.2) is 30.7 Å². The van der Waals surface area contributed by atoms with Crippen molar-refractivity contribution in [2.24, 2.45) is 0 Å². The van der Waals surface area contributed by atoms with E-state index in [0.717, 1.165) is 23.5 Å². The van der Waals surface area contributed by atoms with Crippen LogP contribution in [-0.2, 0) is 16.2 Å². The molecule has 2 N–H and O–H groups in total. The summed E-state index contributed by atoms with van der Waals surface area (Å²) in [5, 5.41) is 10.7. The summed E-state index contributed by atoms with van der Waals surface area (Å²) < 4.78 is 36.6. The average Bonchev–Trinajstić information content (AvgIpc) is 3.27. The zero-order chi connectivity index (χ0) is 27.3. The van der Waals surface area contributed by atoms with Crippen molar-refractivity contribution in [2.45, 2.75) is 20.5 Å². The number of fused-ring (bicyclic) bond motifs is 1. The van der Waals surface area contributed by atoms with Crippen molar-refractivity contribution in [3.63, 3.8) is 0 Å². The molecule has 4 aromatic heterocycles. The second-order valence-corrected chi connectivity index (χ2v) is 7.03. The Morgan fingerprint density at radius 2 is 1.75 bits per heavy atom. The predicted octanol–water partition coefficient (Wildman–Crippen LogP) is 4.24. The Balaban J connectivity index is 0.000000388. The van der Waals surface area contributed by atoms with Gasteiger partial charge in [0.25, 0.3) is 0 Å². The molecule has 192 valence electrons. The fourth-order valence-corrected chi connectivity index (χ4v) is 3.07. The average molecular weight is 523 g/mol. The van der Waals surface area contributed by atoms with Crippen molar-refractivity contribution >= 4 is 42.0 Å². The highest BCUT2D eigenvalue weighted by molar-refractivity contribution is 6.33. The molecule has 13 heteroatoms. The molecule has 0 bridgehead atoms. The monoisotopic (exact) mass is 522 g/mol. The molecular formula is C23H25ClF2N6O4. The molecule has 0 fully saturated rings. The lowest BCUT2D eigenvalue weighted by Crippen LogP contribution is -2.04. The Morgan fingerprint density at radius 3 is 2.36 bits per heavy atom. The number of hydrogen-bond donors (Lipinski definition) is 2. The molecule has 0 aliphatic rings. The lowest BCUT2D eigenvalue weighted by molar-refractivity contribution is -0.0987. The normalized spacial score (nSPS) is 9.53. The van der Waals surface area contributed by atoms with E-state index in [1.165, 1.54) is 19.4 Å². The molecule has 10 nitrogen and oxygen atoms in total. The topological polar surface area (TPSA) is 132 Å². The highest BCUT2D eigenvalue weighted by atomic mass is 35.5. The van der Waals surface area contributed by atoms with Crippen LogP contribution in [0.2, 0.25) is 5.02 Å². The fourth-order valence-electron chi connectivity index (χ4n) is 2.79. The molecule has 0 amide bonds. The molecule has 0 saturated heterocycles. The van der Waals surface area contributed by atoms with E-state index in [4.69, 9.17) is 30.7 Å².